The number of aliphatic imine (C=N–C) groups is 1. The third-order valence-electron chi connectivity index (χ3n) is 4.98. The van der Waals surface area contributed by atoms with Gasteiger partial charge in [0.25, 0.3) is 0 Å². The van der Waals surface area contributed by atoms with Crippen molar-refractivity contribution in [1.82, 2.24) is 10.6 Å². The van der Waals surface area contributed by atoms with Crippen molar-refractivity contribution in [3.63, 3.8) is 0 Å². The zero-order valence-corrected chi connectivity index (χ0v) is 18.7. The lowest BCUT2D eigenvalue weighted by Crippen LogP contribution is -2.37. The average Bonchev–Trinajstić information content (AvgIpc) is 3.25. The van der Waals surface area contributed by atoms with Crippen LogP contribution in [0, 0.1) is 6.92 Å². The summed E-state index contributed by atoms with van der Waals surface area (Å²) < 4.78 is 16.3. The monoisotopic (exact) mass is 419 g/mol. The number of unbranched alkanes of at least 4 members (excludes halogenated alkanes) is 3. The number of methoxy groups -OCH3 is 1. The van der Waals surface area contributed by atoms with E-state index in [-0.39, 0.29) is 12.1 Å². The molecular weight excluding hydrogens is 382 g/mol. The summed E-state index contributed by atoms with van der Waals surface area (Å²) >= 11 is 0. The van der Waals surface area contributed by atoms with Gasteiger partial charge in [-0.05, 0) is 38.3 Å². The minimum atomic E-state index is -0.130. The molecule has 1 aromatic carbocycles. The second kappa shape index (κ2) is 13.9. The van der Waals surface area contributed by atoms with Crippen LogP contribution in [-0.4, -0.2) is 51.4 Å². The van der Waals surface area contributed by atoms with E-state index in [1.54, 1.807) is 0 Å². The second-order valence-corrected chi connectivity index (χ2v) is 7.58. The first kappa shape index (κ1) is 24.0. The fourth-order valence-electron chi connectivity index (χ4n) is 3.25. The molecule has 0 radical (unpaired) electrons. The number of carbonyl (C=O) groups is 1. The van der Waals surface area contributed by atoms with Gasteiger partial charge in [0.2, 0.25) is 0 Å². The molecule has 1 fully saturated rings. The molecule has 0 spiro atoms. The van der Waals surface area contributed by atoms with E-state index in [4.69, 9.17) is 14.5 Å². The van der Waals surface area contributed by atoms with E-state index >= 15 is 0 Å². The largest absolute Gasteiger partial charge is 0.488 e. The van der Waals surface area contributed by atoms with Crippen molar-refractivity contribution in [2.45, 2.75) is 65.0 Å². The molecule has 0 saturated carbocycles. The lowest BCUT2D eigenvalue weighted by Gasteiger charge is -2.16. The Hall–Kier alpha value is -2.28. The molecular formula is C23H37N3O4. The lowest BCUT2D eigenvalue weighted by molar-refractivity contribution is -0.140. The van der Waals surface area contributed by atoms with Crippen molar-refractivity contribution in [3.8, 4) is 5.75 Å². The van der Waals surface area contributed by atoms with E-state index in [1.807, 2.05) is 0 Å². The number of hydrogen-bond donors (Lipinski definition) is 2. The van der Waals surface area contributed by atoms with Crippen molar-refractivity contribution in [2.75, 3.05) is 33.4 Å². The van der Waals surface area contributed by atoms with E-state index in [2.05, 4.69) is 47.4 Å². The van der Waals surface area contributed by atoms with Gasteiger partial charge in [0, 0.05) is 31.5 Å². The SMILES string of the molecule is CCNC(=NCc1ccc(C)cc1OC1CCOC1)NCCCCCCC(=O)OC. The average molecular weight is 420 g/mol. The van der Waals surface area contributed by atoms with E-state index in [1.165, 1.54) is 12.7 Å². The third kappa shape index (κ3) is 9.03. The molecule has 1 aliphatic rings. The fourth-order valence-corrected chi connectivity index (χ4v) is 3.25. The third-order valence-corrected chi connectivity index (χ3v) is 4.98. The van der Waals surface area contributed by atoms with E-state index < -0.39 is 0 Å². The molecule has 1 saturated heterocycles. The number of benzene rings is 1. The van der Waals surface area contributed by atoms with Crippen LogP contribution in [0.15, 0.2) is 23.2 Å². The van der Waals surface area contributed by atoms with Gasteiger partial charge in [-0.1, -0.05) is 25.0 Å². The summed E-state index contributed by atoms with van der Waals surface area (Å²) in [6.07, 6.45) is 5.57. The summed E-state index contributed by atoms with van der Waals surface area (Å²) in [6, 6.07) is 6.27. The van der Waals surface area contributed by atoms with Crippen molar-refractivity contribution in [3.05, 3.63) is 29.3 Å². The smallest absolute Gasteiger partial charge is 0.305 e. The topological polar surface area (TPSA) is 81.2 Å². The number of hydrogen-bond acceptors (Lipinski definition) is 5. The Labute approximate surface area is 180 Å². The highest BCUT2D eigenvalue weighted by atomic mass is 16.5. The predicted octanol–water partition coefficient (Wildman–Crippen LogP) is 3.34. The molecule has 0 amide bonds. The number of carbonyl (C=O) groups excluding carboxylic acids is 1. The summed E-state index contributed by atoms with van der Waals surface area (Å²) in [5.41, 5.74) is 2.25. The van der Waals surface area contributed by atoms with Crippen LogP contribution in [0.4, 0.5) is 0 Å². The number of nitrogens with one attached hydrogen (secondary N) is 2. The number of rotatable bonds is 12. The standard InChI is InChI=1S/C23H37N3O4/c1-4-24-23(25-13-8-6-5-7-9-22(27)28-3)26-16-19-11-10-18(2)15-21(19)30-20-12-14-29-17-20/h10-11,15,20H,4-9,12-14,16-17H2,1-3H3,(H2,24,25,26). The van der Waals surface area contributed by atoms with E-state index in [0.717, 1.165) is 69.1 Å². The molecule has 1 aliphatic heterocycles. The van der Waals surface area contributed by atoms with Gasteiger partial charge >= 0.3 is 5.97 Å². The van der Waals surface area contributed by atoms with E-state index in [9.17, 15) is 4.79 Å². The molecule has 168 valence electrons. The van der Waals surface area contributed by atoms with E-state index in [0.29, 0.717) is 19.6 Å². The van der Waals surface area contributed by atoms with Crippen LogP contribution in [0.2, 0.25) is 0 Å². The first-order chi connectivity index (χ1) is 14.6. The Balaban J connectivity index is 1.81. The molecule has 7 heteroatoms. The van der Waals surface area contributed by atoms with Crippen LogP contribution in [-0.2, 0) is 20.8 Å². The molecule has 1 atom stereocenters. The highest BCUT2D eigenvalue weighted by Gasteiger charge is 2.18. The van der Waals surface area contributed by atoms with Gasteiger partial charge < -0.3 is 24.8 Å². The molecule has 0 aliphatic carbocycles. The van der Waals surface area contributed by atoms with Crippen molar-refractivity contribution in [2.24, 2.45) is 4.99 Å². The number of esters is 1. The van der Waals surface area contributed by atoms with Crippen LogP contribution in [0.1, 0.15) is 56.6 Å². The Bertz CT molecular complexity index is 672. The zero-order chi connectivity index (χ0) is 21.6. The molecule has 7 nitrogen and oxygen atoms in total. The summed E-state index contributed by atoms with van der Waals surface area (Å²) in [7, 11) is 1.43. The van der Waals surface area contributed by atoms with Crippen LogP contribution < -0.4 is 15.4 Å². The van der Waals surface area contributed by atoms with Gasteiger partial charge in [-0.25, -0.2) is 4.99 Å². The van der Waals surface area contributed by atoms with Crippen LogP contribution in [0.25, 0.3) is 0 Å². The molecule has 1 heterocycles. The fraction of sp³-hybridized carbons (Fsp3) is 0.652. The van der Waals surface area contributed by atoms with Gasteiger partial charge in [-0.15, -0.1) is 0 Å². The Kier molecular flexibility index (Phi) is 11.1. The maximum absolute atomic E-state index is 11.1. The molecule has 1 aromatic rings. The lowest BCUT2D eigenvalue weighted by atomic mass is 10.1. The summed E-state index contributed by atoms with van der Waals surface area (Å²) in [4.78, 5) is 15.9. The first-order valence-corrected chi connectivity index (χ1v) is 11.0. The Morgan fingerprint density at radius 1 is 1.23 bits per heavy atom. The number of aryl methyl sites for hydroxylation is 1. The minimum Gasteiger partial charge on any atom is -0.488 e. The molecule has 30 heavy (non-hydrogen) atoms. The maximum Gasteiger partial charge on any atom is 0.305 e. The molecule has 0 aromatic heterocycles. The molecule has 2 N–H and O–H groups in total. The van der Waals surface area contributed by atoms with Crippen molar-refractivity contribution < 1.29 is 19.0 Å². The summed E-state index contributed by atoms with van der Waals surface area (Å²) in [5, 5.41) is 6.69. The minimum absolute atomic E-state index is 0.125. The molecule has 2 rings (SSSR count). The van der Waals surface area contributed by atoms with Gasteiger partial charge in [0.1, 0.15) is 11.9 Å². The number of guanidine groups is 1. The quantitative estimate of drug-likeness (QED) is 0.234. The normalized spacial score (nSPS) is 16.4. The summed E-state index contributed by atoms with van der Waals surface area (Å²) in [6.45, 7) is 7.76. The molecule has 0 bridgehead atoms. The van der Waals surface area contributed by atoms with Gasteiger partial charge in [-0.2, -0.15) is 0 Å². The van der Waals surface area contributed by atoms with Gasteiger partial charge in [-0.3, -0.25) is 4.79 Å². The first-order valence-electron chi connectivity index (χ1n) is 11.0. The van der Waals surface area contributed by atoms with Crippen molar-refractivity contribution in [1.29, 1.82) is 0 Å². The Morgan fingerprint density at radius 2 is 2.07 bits per heavy atom. The number of ether oxygens (including phenoxy) is 3. The van der Waals surface area contributed by atoms with Crippen LogP contribution >= 0.6 is 0 Å². The van der Waals surface area contributed by atoms with Gasteiger partial charge in [0.15, 0.2) is 5.96 Å². The zero-order valence-electron chi connectivity index (χ0n) is 18.7. The second-order valence-electron chi connectivity index (χ2n) is 7.58. The van der Waals surface area contributed by atoms with Crippen LogP contribution in [0.5, 0.6) is 5.75 Å². The highest BCUT2D eigenvalue weighted by Crippen LogP contribution is 2.24. The summed E-state index contributed by atoms with van der Waals surface area (Å²) in [5.74, 6) is 1.58. The van der Waals surface area contributed by atoms with Gasteiger partial charge in [0.05, 0.1) is 26.9 Å². The molecule has 1 unspecified atom stereocenters. The van der Waals surface area contributed by atoms with Crippen molar-refractivity contribution >= 4 is 11.9 Å². The van der Waals surface area contributed by atoms with Crippen LogP contribution in [0.3, 0.4) is 0 Å². The predicted molar refractivity (Wildman–Crippen MR) is 119 cm³/mol. The Morgan fingerprint density at radius 3 is 2.80 bits per heavy atom. The maximum atomic E-state index is 11.1. The highest BCUT2D eigenvalue weighted by molar-refractivity contribution is 5.79. The number of nitrogens with zero attached hydrogens (tertiary/aromatic N) is 1.